The predicted molar refractivity (Wildman–Crippen MR) is 73.8 cm³/mol. The van der Waals surface area contributed by atoms with Crippen LogP contribution in [0.15, 0.2) is 18.2 Å². The van der Waals surface area contributed by atoms with Crippen LogP contribution in [0, 0.1) is 6.92 Å². The molecule has 5 heteroatoms. The summed E-state index contributed by atoms with van der Waals surface area (Å²) in [5.74, 6) is 0.848. The van der Waals surface area contributed by atoms with Crippen LogP contribution in [0.3, 0.4) is 0 Å². The third-order valence-corrected chi connectivity index (χ3v) is 3.04. The number of anilines is 1. The second-order valence-corrected chi connectivity index (χ2v) is 4.53. The van der Waals surface area contributed by atoms with E-state index in [-0.39, 0.29) is 5.91 Å². The fraction of sp³-hybridized carbons (Fsp3) is 0.500. The highest BCUT2D eigenvalue weighted by atomic mass is 16.5. The summed E-state index contributed by atoms with van der Waals surface area (Å²) in [6.07, 6.45) is 0. The van der Waals surface area contributed by atoms with Gasteiger partial charge < -0.3 is 19.7 Å². The number of methoxy groups -OCH3 is 1. The quantitative estimate of drug-likeness (QED) is 0.805. The Hall–Kier alpha value is -1.59. The van der Waals surface area contributed by atoms with Crippen molar-refractivity contribution >= 4 is 11.6 Å². The number of amides is 1. The number of hydrogen-bond acceptors (Lipinski definition) is 4. The molecule has 0 spiro atoms. The molecule has 0 atom stereocenters. The van der Waals surface area contributed by atoms with E-state index in [2.05, 4.69) is 5.32 Å². The highest BCUT2D eigenvalue weighted by molar-refractivity contribution is 5.96. The number of rotatable bonds is 5. The molecule has 0 fully saturated rings. The van der Waals surface area contributed by atoms with Crippen LogP contribution < -0.4 is 15.0 Å². The molecule has 19 heavy (non-hydrogen) atoms. The predicted octanol–water partition coefficient (Wildman–Crippen LogP) is 0.956. The molecule has 0 aromatic heterocycles. The van der Waals surface area contributed by atoms with Gasteiger partial charge in [0.2, 0.25) is 5.91 Å². The molecule has 104 valence electrons. The first-order valence-corrected chi connectivity index (χ1v) is 6.46. The summed E-state index contributed by atoms with van der Waals surface area (Å²) in [7, 11) is 1.64. The molecule has 0 saturated carbocycles. The van der Waals surface area contributed by atoms with Crippen LogP contribution in [0.4, 0.5) is 5.69 Å². The molecule has 0 bridgehead atoms. The lowest BCUT2D eigenvalue weighted by atomic mass is 10.1. The average Bonchev–Trinajstić information content (AvgIpc) is 2.42. The van der Waals surface area contributed by atoms with E-state index in [4.69, 9.17) is 9.47 Å². The minimum atomic E-state index is 0.0597. The van der Waals surface area contributed by atoms with E-state index in [1.165, 1.54) is 0 Å². The van der Waals surface area contributed by atoms with Gasteiger partial charge in [0.25, 0.3) is 0 Å². The number of hydrogen-bond donors (Lipinski definition) is 1. The summed E-state index contributed by atoms with van der Waals surface area (Å²) in [6.45, 7) is 4.74. The number of nitrogens with zero attached hydrogens (tertiary/aromatic N) is 1. The third-order valence-electron chi connectivity index (χ3n) is 3.04. The van der Waals surface area contributed by atoms with E-state index < -0.39 is 0 Å². The Morgan fingerprint density at radius 3 is 3.16 bits per heavy atom. The smallest absolute Gasteiger partial charge is 0.241 e. The molecule has 0 unspecified atom stereocenters. The number of ether oxygens (including phenoxy) is 2. The molecular weight excluding hydrogens is 244 g/mol. The van der Waals surface area contributed by atoms with Crippen molar-refractivity contribution < 1.29 is 14.3 Å². The molecule has 1 heterocycles. The molecular formula is C14H20N2O3. The first kappa shape index (κ1) is 13.8. The van der Waals surface area contributed by atoms with Gasteiger partial charge in [0.05, 0.1) is 25.4 Å². The zero-order valence-corrected chi connectivity index (χ0v) is 11.4. The van der Waals surface area contributed by atoms with Gasteiger partial charge in [-0.15, -0.1) is 0 Å². The van der Waals surface area contributed by atoms with Gasteiger partial charge in [-0.25, -0.2) is 0 Å². The van der Waals surface area contributed by atoms with Gasteiger partial charge in [0.1, 0.15) is 12.4 Å². The minimum absolute atomic E-state index is 0.0597. The maximum absolute atomic E-state index is 12.2. The Labute approximate surface area is 113 Å². The van der Waals surface area contributed by atoms with Crippen LogP contribution in [0.2, 0.25) is 0 Å². The average molecular weight is 264 g/mol. The van der Waals surface area contributed by atoms with Gasteiger partial charge in [-0.2, -0.15) is 0 Å². The Bertz CT molecular complexity index is 448. The number of fused-ring (bicyclic) bond motifs is 1. The standard InChI is InChI=1S/C14H20N2O3/c1-11-3-4-12-13(9-11)19-8-6-16(12)14(17)10-15-5-7-18-2/h3-4,9,15H,5-8,10H2,1-2H3. The maximum Gasteiger partial charge on any atom is 0.241 e. The molecule has 1 aliphatic heterocycles. The molecule has 0 aliphatic carbocycles. The van der Waals surface area contributed by atoms with Crippen LogP contribution in [0.5, 0.6) is 5.75 Å². The fourth-order valence-corrected chi connectivity index (χ4v) is 2.05. The first-order chi connectivity index (χ1) is 9.22. The van der Waals surface area contributed by atoms with Crippen molar-refractivity contribution in [2.75, 3.05) is 44.9 Å². The number of nitrogens with one attached hydrogen (secondary N) is 1. The largest absolute Gasteiger partial charge is 0.490 e. The number of aryl methyl sites for hydroxylation is 1. The van der Waals surface area contributed by atoms with Gasteiger partial charge in [-0.3, -0.25) is 4.79 Å². The van der Waals surface area contributed by atoms with E-state index in [1.807, 2.05) is 25.1 Å². The lowest BCUT2D eigenvalue weighted by molar-refractivity contribution is -0.118. The molecule has 1 N–H and O–H groups in total. The van der Waals surface area contributed by atoms with Crippen molar-refractivity contribution in [3.63, 3.8) is 0 Å². The summed E-state index contributed by atoms with van der Waals surface area (Å²) in [4.78, 5) is 14.0. The highest BCUT2D eigenvalue weighted by Gasteiger charge is 2.23. The molecule has 5 nitrogen and oxygen atoms in total. The molecule has 2 rings (SSSR count). The van der Waals surface area contributed by atoms with Crippen LogP contribution in [0.25, 0.3) is 0 Å². The molecule has 1 aliphatic rings. The summed E-state index contributed by atoms with van der Waals surface area (Å²) < 4.78 is 10.5. The van der Waals surface area contributed by atoms with Gasteiger partial charge in [-0.1, -0.05) is 6.07 Å². The van der Waals surface area contributed by atoms with Gasteiger partial charge in [-0.05, 0) is 24.6 Å². The van der Waals surface area contributed by atoms with Gasteiger partial charge >= 0.3 is 0 Å². The second kappa shape index (κ2) is 6.54. The number of carbonyl (C=O) groups excluding carboxylic acids is 1. The van der Waals surface area contributed by atoms with E-state index in [9.17, 15) is 4.79 Å². The SMILES string of the molecule is COCCNCC(=O)N1CCOc2cc(C)ccc21. The Balaban J connectivity index is 2.00. The van der Waals surface area contributed by atoms with Crippen LogP contribution in [-0.2, 0) is 9.53 Å². The van der Waals surface area contributed by atoms with Crippen LogP contribution in [0.1, 0.15) is 5.56 Å². The normalized spacial score (nSPS) is 13.9. The highest BCUT2D eigenvalue weighted by Crippen LogP contribution is 2.32. The fourth-order valence-electron chi connectivity index (χ4n) is 2.05. The minimum Gasteiger partial charge on any atom is -0.490 e. The third kappa shape index (κ3) is 3.45. The lowest BCUT2D eigenvalue weighted by Gasteiger charge is -2.29. The lowest BCUT2D eigenvalue weighted by Crippen LogP contribution is -2.43. The molecule has 0 saturated heterocycles. The molecule has 1 aromatic rings. The summed E-state index contributed by atoms with van der Waals surface area (Å²) in [5, 5.41) is 3.07. The summed E-state index contributed by atoms with van der Waals surface area (Å²) in [5.41, 5.74) is 1.99. The van der Waals surface area contributed by atoms with E-state index >= 15 is 0 Å². The van der Waals surface area contributed by atoms with E-state index in [0.29, 0.717) is 32.8 Å². The molecule has 1 amide bonds. The Morgan fingerprint density at radius 2 is 2.37 bits per heavy atom. The Morgan fingerprint density at radius 1 is 1.53 bits per heavy atom. The Kier molecular flexibility index (Phi) is 4.76. The van der Waals surface area contributed by atoms with Gasteiger partial charge in [0.15, 0.2) is 0 Å². The van der Waals surface area contributed by atoms with Gasteiger partial charge in [0, 0.05) is 13.7 Å². The first-order valence-electron chi connectivity index (χ1n) is 6.46. The van der Waals surface area contributed by atoms with Crippen LogP contribution in [-0.4, -0.2) is 45.9 Å². The summed E-state index contributed by atoms with van der Waals surface area (Å²) >= 11 is 0. The van der Waals surface area contributed by atoms with Crippen molar-refractivity contribution in [3.8, 4) is 5.75 Å². The van der Waals surface area contributed by atoms with Crippen LogP contribution >= 0.6 is 0 Å². The monoisotopic (exact) mass is 264 g/mol. The number of carbonyl (C=O) groups is 1. The van der Waals surface area contributed by atoms with E-state index in [0.717, 1.165) is 17.0 Å². The molecule has 0 radical (unpaired) electrons. The zero-order valence-electron chi connectivity index (χ0n) is 11.4. The van der Waals surface area contributed by atoms with Crippen molar-refractivity contribution in [3.05, 3.63) is 23.8 Å². The topological polar surface area (TPSA) is 50.8 Å². The van der Waals surface area contributed by atoms with E-state index in [1.54, 1.807) is 12.0 Å². The number of benzene rings is 1. The van der Waals surface area contributed by atoms with Crippen molar-refractivity contribution in [2.45, 2.75) is 6.92 Å². The maximum atomic E-state index is 12.2. The van der Waals surface area contributed by atoms with Crippen molar-refractivity contribution in [2.24, 2.45) is 0 Å². The zero-order chi connectivity index (χ0) is 13.7. The van der Waals surface area contributed by atoms with Crippen molar-refractivity contribution in [1.29, 1.82) is 0 Å². The molecule has 1 aromatic carbocycles. The summed E-state index contributed by atoms with van der Waals surface area (Å²) in [6, 6.07) is 5.90. The van der Waals surface area contributed by atoms with Crippen molar-refractivity contribution in [1.82, 2.24) is 5.32 Å². The second-order valence-electron chi connectivity index (χ2n) is 4.53.